The lowest BCUT2D eigenvalue weighted by Gasteiger charge is -2.30. The molecule has 1 aromatic heterocycles. The molecule has 2 aliphatic heterocycles. The Morgan fingerprint density at radius 1 is 1.24 bits per heavy atom. The largest absolute Gasteiger partial charge is 0.459 e. The number of ether oxygens (including phenoxy) is 1. The molecule has 0 N–H and O–H groups in total. The van der Waals surface area contributed by atoms with Gasteiger partial charge in [0, 0.05) is 36.4 Å². The highest BCUT2D eigenvalue weighted by Gasteiger charge is 2.32. The second kappa shape index (κ2) is 10.1. The van der Waals surface area contributed by atoms with Gasteiger partial charge in [-0.15, -0.1) is 11.3 Å². The van der Waals surface area contributed by atoms with Crippen LogP contribution in [0.15, 0.2) is 34.8 Å². The zero-order valence-corrected chi connectivity index (χ0v) is 20.4. The standard InChI is InChI=1S/C22H25N3O7S2/c1-3-30-22(27)21(26)25-10-8-14(9-11-25)20-23-17(13-33-20)16-12-19(31-24-16)15-6-4-5-7-18(15)32-34(2,28)29/h4-7,13-14,19H,3,8-12H2,1-2H3. The van der Waals surface area contributed by atoms with E-state index < -0.39 is 28.1 Å². The predicted molar refractivity (Wildman–Crippen MR) is 124 cm³/mol. The Morgan fingerprint density at radius 2 is 1.97 bits per heavy atom. The zero-order chi connectivity index (χ0) is 24.3. The van der Waals surface area contributed by atoms with E-state index in [0.717, 1.165) is 11.3 Å². The molecule has 0 saturated carbocycles. The maximum Gasteiger partial charge on any atom is 0.397 e. The van der Waals surface area contributed by atoms with Crippen molar-refractivity contribution in [2.24, 2.45) is 5.16 Å². The molecule has 0 spiro atoms. The molecular formula is C22H25N3O7S2. The molecule has 4 rings (SSSR count). The molecule has 0 radical (unpaired) electrons. The summed E-state index contributed by atoms with van der Waals surface area (Å²) < 4.78 is 33.1. The van der Waals surface area contributed by atoms with Crippen molar-refractivity contribution >= 4 is 39.0 Å². The third-order valence-corrected chi connectivity index (χ3v) is 7.06. The second-order valence-electron chi connectivity index (χ2n) is 8.02. The lowest BCUT2D eigenvalue weighted by Crippen LogP contribution is -2.42. The Kier molecular flexibility index (Phi) is 7.17. The number of oxime groups is 1. The highest BCUT2D eigenvalue weighted by Crippen LogP contribution is 2.37. The van der Waals surface area contributed by atoms with E-state index in [4.69, 9.17) is 18.7 Å². The van der Waals surface area contributed by atoms with Crippen LogP contribution in [0.1, 0.15) is 54.5 Å². The number of nitrogens with zero attached hydrogens (tertiary/aromatic N) is 3. The van der Waals surface area contributed by atoms with Crippen LogP contribution in [-0.4, -0.2) is 61.8 Å². The Labute approximate surface area is 201 Å². The number of hydrogen-bond donors (Lipinski definition) is 0. The minimum absolute atomic E-state index is 0.174. The minimum atomic E-state index is -3.68. The van der Waals surface area contributed by atoms with Crippen LogP contribution < -0.4 is 4.18 Å². The van der Waals surface area contributed by atoms with Crippen molar-refractivity contribution in [1.82, 2.24) is 9.88 Å². The molecule has 182 valence electrons. The summed E-state index contributed by atoms with van der Waals surface area (Å²) in [6.45, 7) is 2.79. The van der Waals surface area contributed by atoms with Crippen molar-refractivity contribution in [3.05, 3.63) is 45.9 Å². The molecule has 1 unspecified atom stereocenters. The van der Waals surface area contributed by atoms with E-state index in [0.29, 0.717) is 49.3 Å². The van der Waals surface area contributed by atoms with Crippen molar-refractivity contribution in [1.29, 1.82) is 0 Å². The molecule has 1 saturated heterocycles. The molecule has 2 aliphatic rings. The average molecular weight is 508 g/mol. The summed E-state index contributed by atoms with van der Waals surface area (Å²) >= 11 is 1.53. The molecule has 0 bridgehead atoms. The molecule has 1 aromatic carbocycles. The zero-order valence-electron chi connectivity index (χ0n) is 18.8. The van der Waals surface area contributed by atoms with Crippen LogP contribution in [0.4, 0.5) is 0 Å². The fourth-order valence-electron chi connectivity index (χ4n) is 3.94. The first-order valence-electron chi connectivity index (χ1n) is 10.9. The maximum atomic E-state index is 12.1. The van der Waals surface area contributed by atoms with Crippen LogP contribution in [0.5, 0.6) is 5.75 Å². The van der Waals surface area contributed by atoms with E-state index in [9.17, 15) is 18.0 Å². The van der Waals surface area contributed by atoms with Crippen LogP contribution in [0, 0.1) is 0 Å². The van der Waals surface area contributed by atoms with Crippen LogP contribution in [-0.2, 0) is 29.3 Å². The van der Waals surface area contributed by atoms with Gasteiger partial charge in [0.1, 0.15) is 11.5 Å². The first-order chi connectivity index (χ1) is 16.2. The number of aromatic nitrogens is 1. The highest BCUT2D eigenvalue weighted by molar-refractivity contribution is 7.86. The summed E-state index contributed by atoms with van der Waals surface area (Å²) in [4.78, 5) is 35.7. The molecule has 3 heterocycles. The summed E-state index contributed by atoms with van der Waals surface area (Å²) in [6.07, 6.45) is 2.37. The summed E-state index contributed by atoms with van der Waals surface area (Å²) in [5, 5.41) is 7.06. The Bertz CT molecular complexity index is 1200. The fourth-order valence-corrected chi connectivity index (χ4v) is 5.42. The van der Waals surface area contributed by atoms with Gasteiger partial charge in [-0.3, -0.25) is 4.79 Å². The normalized spacial score (nSPS) is 18.8. The topological polar surface area (TPSA) is 124 Å². The molecule has 34 heavy (non-hydrogen) atoms. The van der Waals surface area contributed by atoms with Crippen LogP contribution in [0.25, 0.3) is 0 Å². The van der Waals surface area contributed by atoms with Crippen molar-refractivity contribution in [2.75, 3.05) is 26.0 Å². The van der Waals surface area contributed by atoms with Gasteiger partial charge in [-0.2, -0.15) is 8.42 Å². The highest BCUT2D eigenvalue weighted by atomic mass is 32.2. The molecule has 10 nitrogen and oxygen atoms in total. The van der Waals surface area contributed by atoms with E-state index >= 15 is 0 Å². The Hall–Kier alpha value is -2.99. The molecule has 0 aliphatic carbocycles. The number of piperidine rings is 1. The van der Waals surface area contributed by atoms with Crippen molar-refractivity contribution < 1.29 is 31.8 Å². The van der Waals surface area contributed by atoms with Gasteiger partial charge in [0.25, 0.3) is 0 Å². The van der Waals surface area contributed by atoms with Crippen LogP contribution in [0.3, 0.4) is 0 Å². The van der Waals surface area contributed by atoms with Crippen molar-refractivity contribution in [3.63, 3.8) is 0 Å². The third kappa shape index (κ3) is 5.55. The number of rotatable bonds is 6. The Morgan fingerprint density at radius 3 is 2.68 bits per heavy atom. The Balaban J connectivity index is 1.37. The lowest BCUT2D eigenvalue weighted by atomic mass is 9.97. The number of thiazole rings is 1. The number of amides is 1. The summed E-state index contributed by atoms with van der Waals surface area (Å²) in [5.74, 6) is -0.999. The average Bonchev–Trinajstić information content (AvgIpc) is 3.48. The smallest absolute Gasteiger partial charge is 0.397 e. The molecule has 2 aromatic rings. The number of likely N-dealkylation sites (tertiary alicyclic amines) is 1. The number of para-hydroxylation sites is 1. The van der Waals surface area contributed by atoms with Crippen LogP contribution in [0.2, 0.25) is 0 Å². The van der Waals surface area contributed by atoms with Gasteiger partial charge in [0.2, 0.25) is 0 Å². The van der Waals surface area contributed by atoms with Gasteiger partial charge in [0.05, 0.1) is 23.6 Å². The third-order valence-electron chi connectivity index (χ3n) is 5.58. The van der Waals surface area contributed by atoms with Crippen LogP contribution >= 0.6 is 11.3 Å². The molecule has 12 heteroatoms. The van der Waals surface area contributed by atoms with E-state index in [2.05, 4.69) is 5.16 Å². The van der Waals surface area contributed by atoms with Gasteiger partial charge >= 0.3 is 22.0 Å². The quantitative estimate of drug-likeness (QED) is 0.332. The summed E-state index contributed by atoms with van der Waals surface area (Å²) in [6, 6.07) is 6.81. The summed E-state index contributed by atoms with van der Waals surface area (Å²) in [7, 11) is -3.68. The van der Waals surface area contributed by atoms with E-state index in [1.165, 1.54) is 16.2 Å². The van der Waals surface area contributed by atoms with E-state index in [1.54, 1.807) is 31.2 Å². The van der Waals surface area contributed by atoms with Gasteiger partial charge < -0.3 is 18.7 Å². The molecule has 1 atom stereocenters. The van der Waals surface area contributed by atoms with Gasteiger partial charge in [-0.05, 0) is 25.8 Å². The number of benzene rings is 1. The van der Waals surface area contributed by atoms with Gasteiger partial charge in [0.15, 0.2) is 6.10 Å². The SMILES string of the molecule is CCOC(=O)C(=O)N1CCC(c2nc(C3=NOC(c4ccccc4OS(C)(=O)=O)C3)cs2)CC1. The predicted octanol–water partition coefficient (Wildman–Crippen LogP) is 2.62. The van der Waals surface area contributed by atoms with Gasteiger partial charge in [-0.25, -0.2) is 9.78 Å². The molecule has 1 fully saturated rings. The van der Waals surface area contributed by atoms with E-state index in [-0.39, 0.29) is 18.3 Å². The number of carbonyl (C=O) groups excluding carboxylic acids is 2. The fraction of sp³-hybridized carbons (Fsp3) is 0.455. The maximum absolute atomic E-state index is 12.1. The number of esters is 1. The lowest BCUT2D eigenvalue weighted by molar-refractivity contribution is -0.160. The molecular weight excluding hydrogens is 482 g/mol. The van der Waals surface area contributed by atoms with Crippen molar-refractivity contribution in [2.45, 2.75) is 38.2 Å². The summed E-state index contributed by atoms with van der Waals surface area (Å²) in [5.41, 5.74) is 1.99. The van der Waals surface area contributed by atoms with E-state index in [1.807, 2.05) is 5.38 Å². The molecule has 1 amide bonds. The van der Waals surface area contributed by atoms with Crippen molar-refractivity contribution in [3.8, 4) is 5.75 Å². The minimum Gasteiger partial charge on any atom is -0.459 e. The first-order valence-corrected chi connectivity index (χ1v) is 13.6. The number of hydrogen-bond acceptors (Lipinski definition) is 10. The second-order valence-corrected chi connectivity index (χ2v) is 10.5. The first kappa shape index (κ1) is 24.1. The monoisotopic (exact) mass is 507 g/mol. The number of carbonyl (C=O) groups is 2. The van der Waals surface area contributed by atoms with Gasteiger partial charge in [-0.1, -0.05) is 23.4 Å².